The SMILES string of the molecule is CB(C#N)Cc1cc2nc(Cl)ccc2[nH]1. The van der Waals surface area contributed by atoms with E-state index in [1.165, 1.54) is 0 Å². The van der Waals surface area contributed by atoms with E-state index in [-0.39, 0.29) is 6.71 Å². The summed E-state index contributed by atoms with van der Waals surface area (Å²) in [6.45, 7) is 1.90. The molecule has 5 heteroatoms. The van der Waals surface area contributed by atoms with E-state index in [4.69, 9.17) is 16.9 Å². The van der Waals surface area contributed by atoms with Gasteiger partial charge in [-0.15, -0.1) is 0 Å². The molecule has 0 amide bonds. The summed E-state index contributed by atoms with van der Waals surface area (Å²) in [6, 6.07) is 5.58. The normalized spacial score (nSPS) is 10.2. The van der Waals surface area contributed by atoms with Crippen molar-refractivity contribution in [1.29, 1.82) is 5.26 Å². The summed E-state index contributed by atoms with van der Waals surface area (Å²) >= 11 is 5.78. The Morgan fingerprint density at radius 2 is 2.40 bits per heavy atom. The molecular weight excluding hydrogens is 208 g/mol. The van der Waals surface area contributed by atoms with Crippen molar-refractivity contribution >= 4 is 29.3 Å². The zero-order valence-electron chi connectivity index (χ0n) is 8.29. The fourth-order valence-corrected chi connectivity index (χ4v) is 1.68. The van der Waals surface area contributed by atoms with Crippen molar-refractivity contribution in [3.8, 4) is 5.97 Å². The molecule has 2 heterocycles. The van der Waals surface area contributed by atoms with Gasteiger partial charge < -0.3 is 4.98 Å². The lowest BCUT2D eigenvalue weighted by Gasteiger charge is -1.93. The van der Waals surface area contributed by atoms with Gasteiger partial charge in [0.15, 0.2) is 0 Å². The Hall–Kier alpha value is -1.47. The molecule has 3 nitrogen and oxygen atoms in total. The molecule has 0 atom stereocenters. The molecular formula is C10H9BClN3. The molecule has 0 aliphatic rings. The van der Waals surface area contributed by atoms with Crippen molar-refractivity contribution in [2.45, 2.75) is 13.1 Å². The number of hydrogen-bond donors (Lipinski definition) is 1. The Bertz CT molecular complexity index is 529. The van der Waals surface area contributed by atoms with Crippen molar-refractivity contribution in [1.82, 2.24) is 9.97 Å². The van der Waals surface area contributed by atoms with Crippen molar-refractivity contribution < 1.29 is 0 Å². The lowest BCUT2D eigenvalue weighted by Crippen LogP contribution is -2.08. The molecule has 0 aliphatic carbocycles. The van der Waals surface area contributed by atoms with Crippen LogP contribution in [0.2, 0.25) is 12.0 Å². The molecule has 0 unspecified atom stereocenters. The molecule has 0 saturated carbocycles. The number of halogens is 1. The Morgan fingerprint density at radius 1 is 1.60 bits per heavy atom. The second-order valence-corrected chi connectivity index (χ2v) is 3.98. The third kappa shape index (κ3) is 2.13. The largest absolute Gasteiger partial charge is 0.358 e. The van der Waals surface area contributed by atoms with Gasteiger partial charge >= 0.3 is 0 Å². The van der Waals surface area contributed by atoms with E-state index in [9.17, 15) is 0 Å². The van der Waals surface area contributed by atoms with Crippen LogP contribution in [0.4, 0.5) is 0 Å². The van der Waals surface area contributed by atoms with Crippen molar-refractivity contribution in [3.05, 3.63) is 29.0 Å². The van der Waals surface area contributed by atoms with E-state index >= 15 is 0 Å². The zero-order valence-corrected chi connectivity index (χ0v) is 9.04. The minimum Gasteiger partial charge on any atom is -0.358 e. The van der Waals surface area contributed by atoms with Crippen molar-refractivity contribution in [2.24, 2.45) is 0 Å². The first-order valence-electron chi connectivity index (χ1n) is 4.73. The van der Waals surface area contributed by atoms with Gasteiger partial charge in [0.1, 0.15) is 5.15 Å². The van der Waals surface area contributed by atoms with E-state index in [0.717, 1.165) is 16.7 Å². The van der Waals surface area contributed by atoms with Crippen LogP contribution in [0.3, 0.4) is 0 Å². The van der Waals surface area contributed by atoms with Crippen molar-refractivity contribution in [3.63, 3.8) is 0 Å². The van der Waals surface area contributed by atoms with Crippen LogP contribution < -0.4 is 0 Å². The maximum Gasteiger partial charge on any atom is 0.270 e. The summed E-state index contributed by atoms with van der Waals surface area (Å²) < 4.78 is 0. The average molecular weight is 217 g/mol. The molecule has 74 valence electrons. The second kappa shape index (κ2) is 3.96. The fourth-order valence-electron chi connectivity index (χ4n) is 1.53. The van der Waals surface area contributed by atoms with E-state index in [1.54, 1.807) is 6.07 Å². The van der Waals surface area contributed by atoms with Crippen LogP contribution in [0.1, 0.15) is 5.69 Å². The van der Waals surface area contributed by atoms with Gasteiger partial charge in [-0.25, -0.2) is 10.2 Å². The summed E-state index contributed by atoms with van der Waals surface area (Å²) in [7, 11) is 0. The predicted molar refractivity (Wildman–Crippen MR) is 62.0 cm³/mol. The van der Waals surface area contributed by atoms with E-state index in [2.05, 4.69) is 15.9 Å². The topological polar surface area (TPSA) is 52.5 Å². The van der Waals surface area contributed by atoms with Gasteiger partial charge in [-0.05, 0) is 24.5 Å². The van der Waals surface area contributed by atoms with Gasteiger partial charge in [0, 0.05) is 11.7 Å². The number of nitrogens with one attached hydrogen (secondary N) is 1. The summed E-state index contributed by atoms with van der Waals surface area (Å²) in [5, 5.41) is 9.20. The number of nitrogens with zero attached hydrogens (tertiary/aromatic N) is 2. The Labute approximate surface area is 93.2 Å². The molecule has 0 aromatic carbocycles. The van der Waals surface area contributed by atoms with Crippen LogP contribution in [0, 0.1) is 11.2 Å². The van der Waals surface area contributed by atoms with Gasteiger partial charge in [0.25, 0.3) is 6.71 Å². The molecule has 0 fully saturated rings. The summed E-state index contributed by atoms with van der Waals surface area (Å²) in [5.41, 5.74) is 2.83. The fraction of sp³-hybridized carbons (Fsp3) is 0.200. The van der Waals surface area contributed by atoms with Crippen LogP contribution >= 0.6 is 11.6 Å². The Morgan fingerprint density at radius 3 is 3.13 bits per heavy atom. The molecule has 0 saturated heterocycles. The summed E-state index contributed by atoms with van der Waals surface area (Å²) in [4.78, 5) is 7.40. The van der Waals surface area contributed by atoms with Crippen LogP contribution in [0.5, 0.6) is 0 Å². The van der Waals surface area contributed by atoms with E-state index in [0.29, 0.717) is 11.5 Å². The lowest BCUT2D eigenvalue weighted by molar-refractivity contribution is 1.23. The van der Waals surface area contributed by atoms with Crippen LogP contribution in [0.25, 0.3) is 11.0 Å². The standard InChI is InChI=1S/C10H9BClN3/c1-11(6-13)5-7-4-9-8(14-7)2-3-10(12)15-9/h2-4,14H,5H2,1H3. The molecule has 0 bridgehead atoms. The maximum absolute atomic E-state index is 8.71. The highest BCUT2D eigenvalue weighted by Crippen LogP contribution is 2.16. The monoisotopic (exact) mass is 217 g/mol. The first-order chi connectivity index (χ1) is 7.19. The Kier molecular flexibility index (Phi) is 2.65. The number of fused-ring (bicyclic) bond motifs is 1. The van der Waals surface area contributed by atoms with Gasteiger partial charge in [0.2, 0.25) is 0 Å². The maximum atomic E-state index is 8.71. The van der Waals surface area contributed by atoms with Gasteiger partial charge in [-0.1, -0.05) is 18.4 Å². The number of pyridine rings is 1. The zero-order chi connectivity index (χ0) is 10.8. The number of rotatable bonds is 2. The molecule has 1 N–H and O–H groups in total. The molecule has 0 radical (unpaired) electrons. The highest BCUT2D eigenvalue weighted by molar-refractivity contribution is 6.64. The number of aromatic nitrogens is 2. The summed E-state index contributed by atoms with van der Waals surface area (Å²) in [6.07, 6.45) is 0.713. The smallest absolute Gasteiger partial charge is 0.270 e. The van der Waals surface area contributed by atoms with Crippen LogP contribution in [0.15, 0.2) is 18.2 Å². The minimum absolute atomic E-state index is 0.00790. The molecule has 15 heavy (non-hydrogen) atoms. The van der Waals surface area contributed by atoms with Gasteiger partial charge in [-0.3, -0.25) is 0 Å². The molecule has 2 rings (SSSR count). The highest BCUT2D eigenvalue weighted by atomic mass is 35.5. The minimum atomic E-state index is 0.00790. The summed E-state index contributed by atoms with van der Waals surface area (Å²) in [5.74, 6) is 2.20. The number of hydrogen-bond acceptors (Lipinski definition) is 2. The number of H-pyrrole nitrogens is 1. The van der Waals surface area contributed by atoms with E-state index in [1.807, 2.05) is 19.0 Å². The molecule has 0 spiro atoms. The quantitative estimate of drug-likeness (QED) is 0.621. The molecule has 2 aromatic heterocycles. The third-order valence-electron chi connectivity index (χ3n) is 2.24. The van der Waals surface area contributed by atoms with Gasteiger partial charge in [0.05, 0.1) is 11.0 Å². The predicted octanol–water partition coefficient (Wildman–Crippen LogP) is 2.49. The van der Waals surface area contributed by atoms with Crippen LogP contribution in [-0.4, -0.2) is 16.7 Å². The molecule has 2 aromatic rings. The number of aromatic amines is 1. The average Bonchev–Trinajstić information content (AvgIpc) is 2.59. The second-order valence-electron chi connectivity index (χ2n) is 3.60. The van der Waals surface area contributed by atoms with E-state index < -0.39 is 0 Å². The Balaban J connectivity index is 2.35. The first-order valence-corrected chi connectivity index (χ1v) is 5.10. The molecule has 0 aliphatic heterocycles. The van der Waals surface area contributed by atoms with Gasteiger partial charge in [-0.2, -0.15) is 0 Å². The van der Waals surface area contributed by atoms with Crippen molar-refractivity contribution in [2.75, 3.05) is 0 Å². The highest BCUT2D eigenvalue weighted by Gasteiger charge is 2.09. The number of nitriles is 1. The lowest BCUT2D eigenvalue weighted by atomic mass is 9.51. The third-order valence-corrected chi connectivity index (χ3v) is 2.45. The van der Waals surface area contributed by atoms with Crippen LogP contribution in [-0.2, 0) is 6.32 Å². The first kappa shape index (κ1) is 10.1.